The molecule has 3 aliphatic rings. The molecule has 0 spiro atoms. The van der Waals surface area contributed by atoms with Gasteiger partial charge in [0.25, 0.3) is 0 Å². The van der Waals surface area contributed by atoms with Crippen molar-refractivity contribution in [2.75, 3.05) is 19.6 Å². The van der Waals surface area contributed by atoms with E-state index in [1.165, 1.54) is 90.1 Å². The number of nitrogens with zero attached hydrogens (tertiary/aromatic N) is 1. The molecule has 20 heavy (non-hydrogen) atoms. The van der Waals surface area contributed by atoms with Gasteiger partial charge in [0, 0.05) is 12.6 Å². The van der Waals surface area contributed by atoms with Crippen molar-refractivity contribution in [2.45, 2.75) is 83.1 Å². The van der Waals surface area contributed by atoms with Gasteiger partial charge in [-0.1, -0.05) is 38.5 Å². The number of likely N-dealkylation sites (tertiary alicyclic amines) is 1. The predicted molar refractivity (Wildman–Crippen MR) is 85.7 cm³/mol. The van der Waals surface area contributed by atoms with E-state index in [0.29, 0.717) is 5.41 Å². The lowest BCUT2D eigenvalue weighted by molar-refractivity contribution is 0.102. The van der Waals surface area contributed by atoms with Crippen LogP contribution in [0.4, 0.5) is 0 Å². The standard InChI is InChI=1S/C18H34N2/c19-14-18(11-5-1-2-6-12-18)15-20-13-7-10-17(20)16-8-3-4-9-16/h16-17H,1-15,19H2. The van der Waals surface area contributed by atoms with Crippen LogP contribution in [0.5, 0.6) is 0 Å². The minimum absolute atomic E-state index is 0.456. The van der Waals surface area contributed by atoms with Crippen LogP contribution in [-0.4, -0.2) is 30.6 Å². The van der Waals surface area contributed by atoms with Gasteiger partial charge in [0.05, 0.1) is 0 Å². The lowest BCUT2D eigenvalue weighted by atomic mass is 9.79. The van der Waals surface area contributed by atoms with E-state index < -0.39 is 0 Å². The van der Waals surface area contributed by atoms with E-state index in [4.69, 9.17) is 5.73 Å². The van der Waals surface area contributed by atoms with Gasteiger partial charge in [-0.15, -0.1) is 0 Å². The number of hydrogen-bond acceptors (Lipinski definition) is 2. The minimum atomic E-state index is 0.456. The first-order chi connectivity index (χ1) is 9.83. The lowest BCUT2D eigenvalue weighted by Gasteiger charge is -2.39. The molecule has 0 radical (unpaired) electrons. The predicted octanol–water partition coefficient (Wildman–Crippen LogP) is 3.94. The van der Waals surface area contributed by atoms with Crippen LogP contribution in [0.1, 0.15) is 77.0 Å². The Kier molecular flexibility index (Phi) is 5.04. The highest BCUT2D eigenvalue weighted by molar-refractivity contribution is 4.93. The maximum absolute atomic E-state index is 6.26. The van der Waals surface area contributed by atoms with E-state index in [1.54, 1.807) is 0 Å². The van der Waals surface area contributed by atoms with Crippen molar-refractivity contribution < 1.29 is 0 Å². The van der Waals surface area contributed by atoms with Gasteiger partial charge < -0.3 is 5.73 Å². The van der Waals surface area contributed by atoms with Gasteiger partial charge in [0.2, 0.25) is 0 Å². The van der Waals surface area contributed by atoms with E-state index in [0.717, 1.165) is 18.5 Å². The summed E-state index contributed by atoms with van der Waals surface area (Å²) in [4.78, 5) is 2.87. The van der Waals surface area contributed by atoms with E-state index in [-0.39, 0.29) is 0 Å². The molecule has 1 atom stereocenters. The molecule has 3 fully saturated rings. The van der Waals surface area contributed by atoms with Crippen LogP contribution in [0, 0.1) is 11.3 Å². The summed E-state index contributed by atoms with van der Waals surface area (Å²) in [7, 11) is 0. The second-order valence-corrected chi connectivity index (χ2v) is 7.84. The van der Waals surface area contributed by atoms with Crippen molar-refractivity contribution in [3.05, 3.63) is 0 Å². The average Bonchev–Trinajstić information content (AvgIpc) is 3.07. The summed E-state index contributed by atoms with van der Waals surface area (Å²) in [6.45, 7) is 3.58. The normalized spacial score (nSPS) is 32.5. The van der Waals surface area contributed by atoms with Gasteiger partial charge in [-0.2, -0.15) is 0 Å². The quantitative estimate of drug-likeness (QED) is 0.789. The fourth-order valence-electron chi connectivity index (χ4n) is 5.26. The zero-order valence-corrected chi connectivity index (χ0v) is 13.3. The number of rotatable bonds is 4. The summed E-state index contributed by atoms with van der Waals surface area (Å²) in [6, 6.07) is 0.907. The third-order valence-electron chi connectivity index (χ3n) is 6.49. The largest absolute Gasteiger partial charge is 0.330 e. The monoisotopic (exact) mass is 278 g/mol. The molecule has 1 aliphatic heterocycles. The van der Waals surface area contributed by atoms with Gasteiger partial charge in [-0.3, -0.25) is 4.90 Å². The third-order valence-corrected chi connectivity index (χ3v) is 6.49. The molecule has 0 aromatic heterocycles. The van der Waals surface area contributed by atoms with Crippen molar-refractivity contribution in [1.29, 1.82) is 0 Å². The maximum atomic E-state index is 6.26. The fourth-order valence-corrected chi connectivity index (χ4v) is 5.26. The summed E-state index contributed by atoms with van der Waals surface area (Å²) in [5.74, 6) is 1.01. The molecule has 0 aromatic carbocycles. The Morgan fingerprint density at radius 3 is 2.20 bits per heavy atom. The molecular weight excluding hydrogens is 244 g/mol. The van der Waals surface area contributed by atoms with E-state index in [9.17, 15) is 0 Å². The highest BCUT2D eigenvalue weighted by Crippen LogP contribution is 2.40. The smallest absolute Gasteiger partial charge is 0.0124 e. The molecule has 2 N–H and O–H groups in total. The Balaban J connectivity index is 1.64. The van der Waals surface area contributed by atoms with Crippen molar-refractivity contribution in [1.82, 2.24) is 4.90 Å². The first kappa shape index (κ1) is 14.8. The highest BCUT2D eigenvalue weighted by atomic mass is 15.2. The molecule has 2 heteroatoms. The van der Waals surface area contributed by atoms with Crippen molar-refractivity contribution >= 4 is 0 Å². The topological polar surface area (TPSA) is 29.3 Å². The van der Waals surface area contributed by atoms with Crippen LogP contribution in [-0.2, 0) is 0 Å². The van der Waals surface area contributed by atoms with E-state index in [1.807, 2.05) is 0 Å². The Bertz CT molecular complexity index is 288. The van der Waals surface area contributed by atoms with Gasteiger partial charge in [0.15, 0.2) is 0 Å². The molecule has 2 nitrogen and oxygen atoms in total. The summed E-state index contributed by atoms with van der Waals surface area (Å²) in [6.07, 6.45) is 17.3. The van der Waals surface area contributed by atoms with Crippen LogP contribution in [0.25, 0.3) is 0 Å². The SMILES string of the molecule is NCC1(CN2CCCC2C2CCCC2)CCCCCC1. The lowest BCUT2D eigenvalue weighted by Crippen LogP contribution is -2.46. The van der Waals surface area contributed by atoms with Crippen LogP contribution >= 0.6 is 0 Å². The second-order valence-electron chi connectivity index (χ2n) is 7.84. The molecular formula is C18H34N2. The van der Waals surface area contributed by atoms with Gasteiger partial charge in [0.1, 0.15) is 0 Å². The van der Waals surface area contributed by atoms with Crippen molar-refractivity contribution in [3.63, 3.8) is 0 Å². The van der Waals surface area contributed by atoms with Crippen LogP contribution in [0.2, 0.25) is 0 Å². The zero-order chi connectivity index (χ0) is 13.8. The average molecular weight is 278 g/mol. The second kappa shape index (κ2) is 6.79. The molecule has 3 rings (SSSR count). The molecule has 0 amide bonds. The number of nitrogens with two attached hydrogens (primary N) is 1. The Labute approximate surface area is 125 Å². The molecule has 0 aromatic rings. The summed E-state index contributed by atoms with van der Waals surface area (Å²) < 4.78 is 0. The molecule has 2 saturated carbocycles. The Hall–Kier alpha value is -0.0800. The van der Waals surface area contributed by atoms with Crippen LogP contribution in [0.3, 0.4) is 0 Å². The number of hydrogen-bond donors (Lipinski definition) is 1. The molecule has 1 heterocycles. The molecule has 0 bridgehead atoms. The zero-order valence-electron chi connectivity index (χ0n) is 13.3. The first-order valence-electron chi connectivity index (χ1n) is 9.27. The maximum Gasteiger partial charge on any atom is 0.0124 e. The summed E-state index contributed by atoms with van der Waals surface area (Å²) >= 11 is 0. The summed E-state index contributed by atoms with van der Waals surface area (Å²) in [5, 5.41) is 0. The third kappa shape index (κ3) is 3.22. The molecule has 116 valence electrons. The van der Waals surface area contributed by atoms with Gasteiger partial charge in [-0.25, -0.2) is 0 Å². The van der Waals surface area contributed by atoms with Crippen LogP contribution < -0.4 is 5.73 Å². The first-order valence-corrected chi connectivity index (χ1v) is 9.27. The van der Waals surface area contributed by atoms with Crippen LogP contribution in [0.15, 0.2) is 0 Å². The van der Waals surface area contributed by atoms with Gasteiger partial charge in [-0.05, 0) is 62.9 Å². The minimum Gasteiger partial charge on any atom is -0.330 e. The Morgan fingerprint density at radius 1 is 0.850 bits per heavy atom. The molecule has 2 aliphatic carbocycles. The van der Waals surface area contributed by atoms with Gasteiger partial charge >= 0.3 is 0 Å². The fraction of sp³-hybridized carbons (Fsp3) is 1.00. The molecule has 1 saturated heterocycles. The Morgan fingerprint density at radius 2 is 1.55 bits per heavy atom. The molecule has 1 unspecified atom stereocenters. The van der Waals surface area contributed by atoms with E-state index in [2.05, 4.69) is 4.90 Å². The van der Waals surface area contributed by atoms with Crippen molar-refractivity contribution in [3.8, 4) is 0 Å². The van der Waals surface area contributed by atoms with Crippen molar-refractivity contribution in [2.24, 2.45) is 17.1 Å². The summed E-state index contributed by atoms with van der Waals surface area (Å²) in [5.41, 5.74) is 6.71. The van der Waals surface area contributed by atoms with E-state index >= 15 is 0 Å². The highest BCUT2D eigenvalue weighted by Gasteiger charge is 2.38.